The molecule has 0 spiro atoms. The fourth-order valence-electron chi connectivity index (χ4n) is 4.65. The van der Waals surface area contributed by atoms with Crippen molar-refractivity contribution in [1.29, 1.82) is 0 Å². The standard InChI is InChI=1S/C27H33ClFN5O4/c1-27(2,37)14-38-23-12-20(34(4)32-23)7-5-16-9-17(10-18(16)13-35)24-25(33(3)15-30-24)26(36)31-19-6-8-22(29)21(28)11-19/h6,8,10-12,15-16,18,35,37H,5,7,9,13-14H2,1-4H3,(H,31,36)/t16-,18-/m0/s1. The van der Waals surface area contributed by atoms with Gasteiger partial charge in [-0.05, 0) is 62.8 Å². The van der Waals surface area contributed by atoms with Crippen LogP contribution in [0.1, 0.15) is 48.6 Å². The number of aromatic nitrogens is 4. The molecular formula is C27H33ClFN5O4. The zero-order valence-electron chi connectivity index (χ0n) is 21.9. The molecule has 0 unspecified atom stereocenters. The minimum Gasteiger partial charge on any atom is -0.474 e. The molecule has 204 valence electrons. The van der Waals surface area contributed by atoms with Crippen LogP contribution >= 0.6 is 11.6 Å². The number of rotatable bonds is 10. The number of carbonyl (C=O) groups is 1. The van der Waals surface area contributed by atoms with Crippen molar-refractivity contribution in [2.24, 2.45) is 25.9 Å². The highest BCUT2D eigenvalue weighted by molar-refractivity contribution is 6.31. The highest BCUT2D eigenvalue weighted by Crippen LogP contribution is 2.39. The maximum absolute atomic E-state index is 13.5. The number of benzene rings is 1. The summed E-state index contributed by atoms with van der Waals surface area (Å²) >= 11 is 5.86. The van der Waals surface area contributed by atoms with Crippen LogP contribution in [0, 0.1) is 17.7 Å². The van der Waals surface area contributed by atoms with Crippen LogP contribution in [0.25, 0.3) is 5.57 Å². The summed E-state index contributed by atoms with van der Waals surface area (Å²) in [7, 11) is 3.58. The minimum atomic E-state index is -0.953. The Labute approximate surface area is 225 Å². The van der Waals surface area contributed by atoms with E-state index in [4.69, 9.17) is 16.3 Å². The molecule has 9 nitrogen and oxygen atoms in total. The second-order valence-corrected chi connectivity index (χ2v) is 10.8. The molecule has 0 radical (unpaired) electrons. The van der Waals surface area contributed by atoms with Gasteiger partial charge < -0.3 is 24.8 Å². The van der Waals surface area contributed by atoms with E-state index in [0.717, 1.165) is 24.1 Å². The maximum atomic E-state index is 13.5. The smallest absolute Gasteiger partial charge is 0.274 e. The third-order valence-electron chi connectivity index (χ3n) is 6.65. The maximum Gasteiger partial charge on any atom is 0.274 e. The molecule has 2 atom stereocenters. The largest absolute Gasteiger partial charge is 0.474 e. The van der Waals surface area contributed by atoms with Crippen LogP contribution in [-0.2, 0) is 20.5 Å². The number of hydrogen-bond acceptors (Lipinski definition) is 6. The van der Waals surface area contributed by atoms with Crippen LogP contribution in [0.4, 0.5) is 10.1 Å². The molecule has 2 aromatic heterocycles. The lowest BCUT2D eigenvalue weighted by Crippen LogP contribution is -2.27. The molecule has 0 fully saturated rings. The number of aryl methyl sites for hydroxylation is 3. The molecule has 0 aliphatic heterocycles. The third kappa shape index (κ3) is 6.43. The molecule has 11 heteroatoms. The quantitative estimate of drug-likeness (QED) is 0.355. The molecule has 1 aliphatic carbocycles. The Morgan fingerprint density at radius 1 is 1.32 bits per heavy atom. The SMILES string of the molecule is Cn1cnc(C2=C[C@@H](CO)[C@@H](CCc3cc(OCC(C)(C)O)nn3C)C2)c1C(=O)Nc1ccc(F)c(Cl)c1. The highest BCUT2D eigenvalue weighted by Gasteiger charge is 2.31. The van der Waals surface area contributed by atoms with Gasteiger partial charge in [-0.15, -0.1) is 5.10 Å². The number of nitrogens with one attached hydrogen (secondary N) is 1. The van der Waals surface area contributed by atoms with Crippen LogP contribution < -0.4 is 10.1 Å². The second kappa shape index (κ2) is 11.3. The molecule has 1 aliphatic rings. The van der Waals surface area contributed by atoms with Gasteiger partial charge in [0, 0.05) is 44.1 Å². The summed E-state index contributed by atoms with van der Waals surface area (Å²) in [5.41, 5.74) is 2.23. The normalized spacial score (nSPS) is 17.5. The Morgan fingerprint density at radius 3 is 2.76 bits per heavy atom. The lowest BCUT2D eigenvalue weighted by atomic mass is 9.90. The average molecular weight is 546 g/mol. The van der Waals surface area contributed by atoms with Gasteiger partial charge in [-0.1, -0.05) is 17.7 Å². The van der Waals surface area contributed by atoms with Gasteiger partial charge in [0.15, 0.2) is 0 Å². The Bertz CT molecular complexity index is 1340. The number of hydrogen-bond donors (Lipinski definition) is 3. The summed E-state index contributed by atoms with van der Waals surface area (Å²) < 4.78 is 22.5. The summed E-state index contributed by atoms with van der Waals surface area (Å²) in [4.78, 5) is 17.6. The van der Waals surface area contributed by atoms with Crippen LogP contribution in [-0.4, -0.2) is 54.3 Å². The van der Waals surface area contributed by atoms with E-state index in [1.165, 1.54) is 18.2 Å². The van der Waals surface area contributed by atoms with Gasteiger partial charge in [0.1, 0.15) is 18.1 Å². The molecule has 4 rings (SSSR count). The Kier molecular flexibility index (Phi) is 8.25. The van der Waals surface area contributed by atoms with Crippen molar-refractivity contribution in [1.82, 2.24) is 19.3 Å². The Balaban J connectivity index is 1.44. The van der Waals surface area contributed by atoms with Crippen molar-refractivity contribution in [2.75, 3.05) is 18.5 Å². The van der Waals surface area contributed by atoms with Crippen LogP contribution in [0.15, 0.2) is 36.7 Å². The summed E-state index contributed by atoms with van der Waals surface area (Å²) in [6.07, 6.45) is 5.75. The molecule has 2 heterocycles. The molecular weight excluding hydrogens is 513 g/mol. The fraction of sp³-hybridized carbons (Fsp3) is 0.444. The number of ether oxygens (including phenoxy) is 1. The van der Waals surface area contributed by atoms with Gasteiger partial charge in [-0.3, -0.25) is 9.48 Å². The molecule has 0 saturated heterocycles. The van der Waals surface area contributed by atoms with Crippen LogP contribution in [0.5, 0.6) is 5.88 Å². The van der Waals surface area contributed by atoms with E-state index in [0.29, 0.717) is 29.4 Å². The molecule has 3 N–H and O–H groups in total. The summed E-state index contributed by atoms with van der Waals surface area (Å²) in [5.74, 6) is -0.411. The lowest BCUT2D eigenvalue weighted by molar-refractivity contribution is 0.0266. The first kappa shape index (κ1) is 27.8. The van der Waals surface area contributed by atoms with E-state index >= 15 is 0 Å². The zero-order chi connectivity index (χ0) is 27.6. The Hall–Kier alpha value is -3.21. The number of carbonyl (C=O) groups excluding carboxylic acids is 1. The molecule has 3 aromatic rings. The molecule has 1 amide bonds. The van der Waals surface area contributed by atoms with Gasteiger partial charge in [-0.2, -0.15) is 0 Å². The van der Waals surface area contributed by atoms with E-state index in [1.807, 2.05) is 19.2 Å². The number of amides is 1. The first-order valence-corrected chi connectivity index (χ1v) is 12.8. The lowest BCUT2D eigenvalue weighted by Gasteiger charge is -2.17. The van der Waals surface area contributed by atoms with E-state index in [9.17, 15) is 19.4 Å². The number of anilines is 1. The van der Waals surface area contributed by atoms with Gasteiger partial charge in [0.05, 0.1) is 22.6 Å². The number of halogens is 2. The topological polar surface area (TPSA) is 114 Å². The summed E-state index contributed by atoms with van der Waals surface area (Å²) in [6, 6.07) is 5.87. The number of aliphatic hydroxyl groups excluding tert-OH is 1. The van der Waals surface area contributed by atoms with Crippen molar-refractivity contribution >= 4 is 28.8 Å². The summed E-state index contributed by atoms with van der Waals surface area (Å²) in [5, 5.41) is 27.0. The Morgan fingerprint density at radius 2 is 2.08 bits per heavy atom. The number of aliphatic hydroxyl groups is 2. The zero-order valence-corrected chi connectivity index (χ0v) is 22.7. The van der Waals surface area contributed by atoms with Crippen molar-refractivity contribution < 1.29 is 24.1 Å². The fourth-order valence-corrected chi connectivity index (χ4v) is 4.83. The molecule has 0 bridgehead atoms. The van der Waals surface area contributed by atoms with E-state index in [2.05, 4.69) is 15.4 Å². The van der Waals surface area contributed by atoms with Gasteiger partial charge >= 0.3 is 0 Å². The third-order valence-corrected chi connectivity index (χ3v) is 6.94. The predicted molar refractivity (Wildman–Crippen MR) is 143 cm³/mol. The monoisotopic (exact) mass is 545 g/mol. The van der Waals surface area contributed by atoms with Crippen molar-refractivity contribution in [3.8, 4) is 5.88 Å². The second-order valence-electron chi connectivity index (χ2n) is 10.4. The van der Waals surface area contributed by atoms with Crippen molar-refractivity contribution in [3.05, 3.63) is 64.6 Å². The predicted octanol–water partition coefficient (Wildman–Crippen LogP) is 3.99. The van der Waals surface area contributed by atoms with Crippen LogP contribution in [0.3, 0.4) is 0 Å². The van der Waals surface area contributed by atoms with Gasteiger partial charge in [0.25, 0.3) is 5.91 Å². The molecule has 0 saturated carbocycles. The average Bonchev–Trinajstić information content (AvgIpc) is 3.54. The van der Waals surface area contributed by atoms with Crippen molar-refractivity contribution in [3.63, 3.8) is 0 Å². The van der Waals surface area contributed by atoms with E-state index in [-0.39, 0.29) is 36.0 Å². The number of imidazole rings is 1. The van der Waals surface area contributed by atoms with Gasteiger partial charge in [-0.25, -0.2) is 9.37 Å². The van der Waals surface area contributed by atoms with Crippen molar-refractivity contribution in [2.45, 2.75) is 38.7 Å². The van der Waals surface area contributed by atoms with E-state index < -0.39 is 11.4 Å². The first-order chi connectivity index (χ1) is 17.9. The molecule has 1 aromatic carbocycles. The summed E-state index contributed by atoms with van der Waals surface area (Å²) in [6.45, 7) is 3.47. The number of allylic oxidation sites excluding steroid dienone is 1. The van der Waals surface area contributed by atoms with Crippen LogP contribution in [0.2, 0.25) is 5.02 Å². The highest BCUT2D eigenvalue weighted by atomic mass is 35.5. The number of nitrogens with zero attached hydrogens (tertiary/aromatic N) is 4. The minimum absolute atomic E-state index is 0.0120. The first-order valence-electron chi connectivity index (χ1n) is 12.4. The molecule has 38 heavy (non-hydrogen) atoms. The van der Waals surface area contributed by atoms with E-state index in [1.54, 1.807) is 36.5 Å². The van der Waals surface area contributed by atoms with Gasteiger partial charge in [0.2, 0.25) is 5.88 Å².